The number of amides is 2. The predicted octanol–water partition coefficient (Wildman–Crippen LogP) is 1.80. The monoisotopic (exact) mass is 477 g/mol. The number of aliphatic hydroxyl groups excluding tert-OH is 1. The number of rotatable bonds is 4. The lowest BCUT2D eigenvalue weighted by atomic mass is 9.77. The third-order valence-corrected chi connectivity index (χ3v) is 8.05. The topological polar surface area (TPSA) is 80.2 Å². The van der Waals surface area contributed by atoms with Gasteiger partial charge in [-0.15, -0.1) is 0 Å². The molecule has 2 saturated heterocycles. The van der Waals surface area contributed by atoms with Crippen LogP contribution in [0.3, 0.4) is 0 Å². The number of carbonyl (C=O) groups is 2. The third-order valence-electron chi connectivity index (χ3n) is 8.05. The minimum absolute atomic E-state index is 0.0669. The standard InChI is InChI=1S/C27H35N5O3/c1-18(33)25-24(30(3)26(34)20-5-4-9-28-17-20)16-23-22-15-21(31-13-11-29(2)12-14-31)7-6-19(22)8-10-32(23)27(25)35/h4-7,9,15,17-18,23-25,33H,8,10-14,16H2,1-3H3/t18-,23-,24-,25-/m0/s1. The Morgan fingerprint density at radius 1 is 1.17 bits per heavy atom. The summed E-state index contributed by atoms with van der Waals surface area (Å²) in [4.78, 5) is 39.4. The molecule has 1 N–H and O–H groups in total. The third kappa shape index (κ3) is 4.41. The molecule has 0 saturated carbocycles. The molecule has 8 heteroatoms. The van der Waals surface area contributed by atoms with Crippen molar-refractivity contribution < 1.29 is 14.7 Å². The highest BCUT2D eigenvalue weighted by molar-refractivity contribution is 5.94. The Bertz CT molecular complexity index is 1080. The van der Waals surface area contributed by atoms with Crippen LogP contribution in [0.1, 0.15) is 40.9 Å². The zero-order chi connectivity index (χ0) is 24.7. The molecule has 0 aliphatic carbocycles. The summed E-state index contributed by atoms with van der Waals surface area (Å²) in [5, 5.41) is 10.6. The van der Waals surface area contributed by atoms with E-state index in [2.05, 4.69) is 40.0 Å². The van der Waals surface area contributed by atoms with Crippen LogP contribution >= 0.6 is 0 Å². The van der Waals surface area contributed by atoms with E-state index in [0.717, 1.165) is 32.6 Å². The number of anilines is 1. The van der Waals surface area contributed by atoms with Gasteiger partial charge in [0.25, 0.3) is 5.91 Å². The van der Waals surface area contributed by atoms with E-state index < -0.39 is 18.1 Å². The van der Waals surface area contributed by atoms with Crippen molar-refractivity contribution in [3.8, 4) is 0 Å². The first-order valence-corrected chi connectivity index (χ1v) is 12.6. The number of aliphatic hydroxyl groups is 1. The highest BCUT2D eigenvalue weighted by Gasteiger charge is 2.48. The summed E-state index contributed by atoms with van der Waals surface area (Å²) in [5.41, 5.74) is 4.13. The molecule has 8 nitrogen and oxygen atoms in total. The highest BCUT2D eigenvalue weighted by atomic mass is 16.3. The van der Waals surface area contributed by atoms with Crippen molar-refractivity contribution in [1.82, 2.24) is 19.7 Å². The molecule has 35 heavy (non-hydrogen) atoms. The van der Waals surface area contributed by atoms with Gasteiger partial charge in [0.15, 0.2) is 0 Å². The molecule has 4 atom stereocenters. The number of aromatic nitrogens is 1. The molecule has 3 aliphatic rings. The lowest BCUT2D eigenvalue weighted by molar-refractivity contribution is -0.151. The zero-order valence-corrected chi connectivity index (χ0v) is 20.8. The van der Waals surface area contributed by atoms with E-state index in [4.69, 9.17) is 0 Å². The van der Waals surface area contributed by atoms with Gasteiger partial charge in [0.1, 0.15) is 0 Å². The van der Waals surface area contributed by atoms with E-state index in [9.17, 15) is 14.7 Å². The van der Waals surface area contributed by atoms with Crippen molar-refractivity contribution in [2.75, 3.05) is 51.7 Å². The summed E-state index contributed by atoms with van der Waals surface area (Å²) in [5.74, 6) is -0.904. The summed E-state index contributed by atoms with van der Waals surface area (Å²) in [6.07, 6.45) is 3.74. The van der Waals surface area contributed by atoms with Crippen LogP contribution in [0.15, 0.2) is 42.7 Å². The van der Waals surface area contributed by atoms with E-state index in [-0.39, 0.29) is 17.9 Å². The van der Waals surface area contributed by atoms with Gasteiger partial charge in [-0.05, 0) is 62.2 Å². The van der Waals surface area contributed by atoms with Crippen LogP contribution in [0.2, 0.25) is 0 Å². The quantitative estimate of drug-likeness (QED) is 0.724. The summed E-state index contributed by atoms with van der Waals surface area (Å²) in [7, 11) is 3.89. The van der Waals surface area contributed by atoms with E-state index in [1.54, 1.807) is 43.4 Å². The van der Waals surface area contributed by atoms with Crippen molar-refractivity contribution in [2.45, 2.75) is 38.0 Å². The Balaban J connectivity index is 1.47. The summed E-state index contributed by atoms with van der Waals surface area (Å²) >= 11 is 0. The Labute approximate surface area is 207 Å². The van der Waals surface area contributed by atoms with Gasteiger partial charge in [0, 0.05) is 63.9 Å². The number of carbonyl (C=O) groups excluding carboxylic acids is 2. The van der Waals surface area contributed by atoms with Gasteiger partial charge >= 0.3 is 0 Å². The number of hydrogen-bond donors (Lipinski definition) is 1. The molecule has 2 aromatic rings. The van der Waals surface area contributed by atoms with Crippen molar-refractivity contribution in [2.24, 2.45) is 5.92 Å². The fraction of sp³-hybridized carbons (Fsp3) is 0.519. The first-order chi connectivity index (χ1) is 16.8. The van der Waals surface area contributed by atoms with Crippen LogP contribution in [0.5, 0.6) is 0 Å². The number of hydrogen-bond acceptors (Lipinski definition) is 6. The molecule has 5 rings (SSSR count). The van der Waals surface area contributed by atoms with E-state index in [0.29, 0.717) is 18.5 Å². The molecule has 0 spiro atoms. The fourth-order valence-electron chi connectivity index (χ4n) is 5.97. The molecule has 2 fully saturated rings. The zero-order valence-electron chi connectivity index (χ0n) is 20.8. The predicted molar refractivity (Wildman–Crippen MR) is 134 cm³/mol. The average molecular weight is 478 g/mol. The molecule has 1 aromatic carbocycles. The van der Waals surface area contributed by atoms with Crippen LogP contribution in [0.25, 0.3) is 0 Å². The van der Waals surface area contributed by atoms with Gasteiger partial charge in [-0.3, -0.25) is 14.6 Å². The Morgan fingerprint density at radius 2 is 1.94 bits per heavy atom. The maximum absolute atomic E-state index is 13.7. The molecule has 0 unspecified atom stereocenters. The number of pyridine rings is 1. The molecule has 0 bridgehead atoms. The molecule has 3 aliphatic heterocycles. The molecule has 4 heterocycles. The van der Waals surface area contributed by atoms with Crippen LogP contribution in [-0.4, -0.2) is 95.6 Å². The Hall–Kier alpha value is -2.97. The molecular formula is C27H35N5O3. The van der Waals surface area contributed by atoms with Crippen LogP contribution in [0, 0.1) is 5.92 Å². The van der Waals surface area contributed by atoms with Gasteiger partial charge in [0.2, 0.25) is 5.91 Å². The summed E-state index contributed by atoms with van der Waals surface area (Å²) < 4.78 is 0. The van der Waals surface area contributed by atoms with E-state index >= 15 is 0 Å². The molecule has 1 aromatic heterocycles. The fourth-order valence-corrected chi connectivity index (χ4v) is 5.97. The number of benzene rings is 1. The van der Waals surface area contributed by atoms with Crippen molar-refractivity contribution in [1.29, 1.82) is 0 Å². The SMILES string of the molecule is C[C@H](O)[C@@H]1C(=O)N2CCc3ccc(N4CCN(C)CC4)cc3[C@@H]2C[C@@H]1N(C)C(=O)c1cccnc1. The van der Waals surface area contributed by atoms with Crippen molar-refractivity contribution >= 4 is 17.5 Å². The van der Waals surface area contributed by atoms with E-state index in [1.165, 1.54) is 16.8 Å². The average Bonchev–Trinajstić information content (AvgIpc) is 2.88. The van der Waals surface area contributed by atoms with Crippen molar-refractivity contribution in [3.05, 3.63) is 59.4 Å². The second kappa shape index (κ2) is 9.59. The largest absolute Gasteiger partial charge is 0.393 e. The minimum atomic E-state index is -0.851. The van der Waals surface area contributed by atoms with Gasteiger partial charge in [-0.1, -0.05) is 6.07 Å². The maximum Gasteiger partial charge on any atom is 0.255 e. The van der Waals surface area contributed by atoms with Crippen LogP contribution in [0.4, 0.5) is 5.69 Å². The number of piperazine rings is 1. The number of nitrogens with zero attached hydrogens (tertiary/aromatic N) is 5. The maximum atomic E-state index is 13.7. The Morgan fingerprint density at radius 3 is 2.63 bits per heavy atom. The van der Waals surface area contributed by atoms with Crippen LogP contribution in [-0.2, 0) is 11.2 Å². The summed E-state index contributed by atoms with van der Waals surface area (Å²) in [6.45, 7) is 6.33. The summed E-state index contributed by atoms with van der Waals surface area (Å²) in [6, 6.07) is 9.63. The molecule has 2 amide bonds. The van der Waals surface area contributed by atoms with Gasteiger partial charge < -0.3 is 24.7 Å². The van der Waals surface area contributed by atoms with Crippen LogP contribution < -0.4 is 4.90 Å². The highest BCUT2D eigenvalue weighted by Crippen LogP contribution is 2.43. The second-order valence-corrected chi connectivity index (χ2v) is 10.2. The first-order valence-electron chi connectivity index (χ1n) is 12.6. The minimum Gasteiger partial charge on any atom is -0.393 e. The lowest BCUT2D eigenvalue weighted by Gasteiger charge is -2.49. The Kier molecular flexibility index (Phi) is 6.51. The smallest absolute Gasteiger partial charge is 0.255 e. The van der Waals surface area contributed by atoms with Gasteiger partial charge in [0.05, 0.1) is 23.6 Å². The van der Waals surface area contributed by atoms with E-state index in [1.807, 2.05) is 4.90 Å². The number of likely N-dealkylation sites (N-methyl/N-ethyl adjacent to an activating group) is 1. The first kappa shape index (κ1) is 23.8. The molecule has 186 valence electrons. The lowest BCUT2D eigenvalue weighted by Crippen LogP contribution is -2.59. The van der Waals surface area contributed by atoms with Crippen molar-refractivity contribution in [3.63, 3.8) is 0 Å². The molecular weight excluding hydrogens is 442 g/mol. The number of fused-ring (bicyclic) bond motifs is 3. The molecule has 0 radical (unpaired) electrons. The van der Waals surface area contributed by atoms with Gasteiger partial charge in [-0.25, -0.2) is 0 Å². The van der Waals surface area contributed by atoms with Gasteiger partial charge in [-0.2, -0.15) is 0 Å². The normalized spacial score (nSPS) is 25.6. The second-order valence-electron chi connectivity index (χ2n) is 10.2. The number of piperidine rings is 1.